The van der Waals surface area contributed by atoms with Gasteiger partial charge < -0.3 is 14.0 Å². The van der Waals surface area contributed by atoms with Gasteiger partial charge in [-0.05, 0) is 44.0 Å². The van der Waals surface area contributed by atoms with Crippen molar-refractivity contribution in [1.29, 1.82) is 0 Å². The van der Waals surface area contributed by atoms with Crippen LogP contribution in [0, 0.1) is 17.0 Å². The largest absolute Gasteiger partial charge is 0.462 e. The molecule has 0 aliphatic carbocycles. The molecule has 0 aliphatic heterocycles. The fraction of sp³-hybridized carbons (Fsp3) is 0.269. The van der Waals surface area contributed by atoms with Crippen molar-refractivity contribution in [3.8, 4) is 0 Å². The molecular weight excluding hydrogens is 494 g/mol. The number of fused-ring (bicyclic) bond motifs is 2. The monoisotopic (exact) mass is 519 g/mol. The Morgan fingerprint density at radius 2 is 1.95 bits per heavy atom. The zero-order valence-electron chi connectivity index (χ0n) is 21.0. The molecule has 3 aromatic heterocycles. The van der Waals surface area contributed by atoms with Gasteiger partial charge in [-0.15, -0.1) is 0 Å². The lowest BCUT2D eigenvalue weighted by molar-refractivity contribution is -0.384. The summed E-state index contributed by atoms with van der Waals surface area (Å²) < 4.78 is 13.3. The predicted molar refractivity (Wildman–Crippen MR) is 137 cm³/mol. The van der Waals surface area contributed by atoms with E-state index in [-0.39, 0.29) is 46.5 Å². The molecule has 12 heteroatoms. The third-order valence-electron chi connectivity index (χ3n) is 5.84. The van der Waals surface area contributed by atoms with Crippen LogP contribution in [0.5, 0.6) is 0 Å². The van der Waals surface area contributed by atoms with Crippen molar-refractivity contribution >= 4 is 34.2 Å². The van der Waals surface area contributed by atoms with Gasteiger partial charge in [0, 0.05) is 44.2 Å². The summed E-state index contributed by atoms with van der Waals surface area (Å²) in [4.78, 5) is 59.2. The Hall–Kier alpha value is -4.71. The van der Waals surface area contributed by atoms with Crippen molar-refractivity contribution in [3.63, 3.8) is 0 Å². The fourth-order valence-electron chi connectivity index (χ4n) is 4.06. The number of nitro groups is 1. The first-order valence-electron chi connectivity index (χ1n) is 11.8. The Labute approximate surface area is 215 Å². The SMILES string of the molecule is CCOC(=O)c1cc2c(=O)n3cccc(C)c3nc2n(CCCOC)c1=NC(=O)c1cccc([N+](=O)[O-])c1. The Bertz CT molecular complexity index is 1700. The third kappa shape index (κ3) is 5.06. The van der Waals surface area contributed by atoms with Gasteiger partial charge >= 0.3 is 5.97 Å². The molecule has 12 nitrogen and oxygen atoms in total. The molecule has 1 amide bonds. The number of carbonyl (C=O) groups is 2. The van der Waals surface area contributed by atoms with E-state index in [1.165, 1.54) is 40.3 Å². The van der Waals surface area contributed by atoms with Crippen LogP contribution in [0.3, 0.4) is 0 Å². The number of hydrogen-bond donors (Lipinski definition) is 0. The quantitative estimate of drug-likeness (QED) is 0.113. The van der Waals surface area contributed by atoms with E-state index in [9.17, 15) is 24.5 Å². The first kappa shape index (κ1) is 26.4. The predicted octanol–water partition coefficient (Wildman–Crippen LogP) is 2.82. The lowest BCUT2D eigenvalue weighted by Crippen LogP contribution is -2.33. The highest BCUT2D eigenvalue weighted by atomic mass is 16.6. The summed E-state index contributed by atoms with van der Waals surface area (Å²) in [6, 6.07) is 9.98. The smallest absolute Gasteiger partial charge is 0.341 e. The lowest BCUT2D eigenvalue weighted by atomic mass is 10.1. The Morgan fingerprint density at radius 3 is 2.66 bits per heavy atom. The maximum atomic E-state index is 13.5. The molecule has 0 N–H and O–H groups in total. The minimum atomic E-state index is -0.812. The number of hydrogen-bond acceptors (Lipinski definition) is 8. The summed E-state index contributed by atoms with van der Waals surface area (Å²) in [6.07, 6.45) is 2.03. The number of non-ortho nitro benzene ring substituents is 1. The molecule has 0 radical (unpaired) electrons. The van der Waals surface area contributed by atoms with Crippen LogP contribution in [0.25, 0.3) is 16.7 Å². The molecule has 0 aliphatic rings. The van der Waals surface area contributed by atoms with E-state index >= 15 is 0 Å². The summed E-state index contributed by atoms with van der Waals surface area (Å²) >= 11 is 0. The van der Waals surface area contributed by atoms with Crippen molar-refractivity contribution in [2.75, 3.05) is 20.3 Å². The molecule has 0 atom stereocenters. The first-order valence-corrected chi connectivity index (χ1v) is 11.8. The zero-order chi connectivity index (χ0) is 27.4. The highest BCUT2D eigenvalue weighted by Crippen LogP contribution is 2.16. The zero-order valence-corrected chi connectivity index (χ0v) is 21.0. The molecular formula is C26H25N5O7. The molecule has 3 heterocycles. The van der Waals surface area contributed by atoms with Crippen molar-refractivity contribution in [3.05, 3.63) is 91.3 Å². The van der Waals surface area contributed by atoms with Gasteiger partial charge in [0.15, 0.2) is 5.49 Å². The number of pyridine rings is 2. The van der Waals surface area contributed by atoms with Gasteiger partial charge in [0.2, 0.25) is 0 Å². The Morgan fingerprint density at radius 1 is 1.16 bits per heavy atom. The Balaban J connectivity index is 2.10. The number of amides is 1. The number of aromatic nitrogens is 3. The van der Waals surface area contributed by atoms with Crippen molar-refractivity contribution < 1.29 is 24.0 Å². The summed E-state index contributed by atoms with van der Waals surface area (Å²) in [7, 11) is 1.54. The minimum absolute atomic E-state index is 0.0417. The van der Waals surface area contributed by atoms with Crippen LogP contribution in [0.4, 0.5) is 5.69 Å². The summed E-state index contributed by atoms with van der Waals surface area (Å²) in [5.41, 5.74) is 0.464. The van der Waals surface area contributed by atoms with Crippen LogP contribution in [0.15, 0.2) is 58.4 Å². The second-order valence-corrected chi connectivity index (χ2v) is 8.36. The van der Waals surface area contributed by atoms with Crippen LogP contribution in [-0.4, -0.2) is 51.1 Å². The van der Waals surface area contributed by atoms with Crippen LogP contribution in [-0.2, 0) is 16.0 Å². The number of ether oxygens (including phenoxy) is 2. The van der Waals surface area contributed by atoms with E-state index in [4.69, 9.17) is 14.5 Å². The van der Waals surface area contributed by atoms with Crippen molar-refractivity contribution in [2.24, 2.45) is 4.99 Å². The minimum Gasteiger partial charge on any atom is -0.462 e. The normalized spacial score (nSPS) is 11.7. The number of nitrogens with zero attached hydrogens (tertiary/aromatic N) is 5. The second kappa shape index (κ2) is 11.1. The molecule has 196 valence electrons. The topological polar surface area (TPSA) is 147 Å². The molecule has 0 unspecified atom stereocenters. The summed E-state index contributed by atoms with van der Waals surface area (Å²) in [5.74, 6) is -1.60. The number of benzene rings is 1. The van der Waals surface area contributed by atoms with Crippen molar-refractivity contribution in [1.82, 2.24) is 14.0 Å². The fourth-order valence-corrected chi connectivity index (χ4v) is 4.06. The number of nitro benzene ring substituents is 1. The summed E-state index contributed by atoms with van der Waals surface area (Å²) in [5, 5.41) is 11.3. The van der Waals surface area contributed by atoms with Gasteiger partial charge in [-0.1, -0.05) is 12.1 Å². The lowest BCUT2D eigenvalue weighted by Gasteiger charge is -2.15. The van der Waals surface area contributed by atoms with Gasteiger partial charge in [0.25, 0.3) is 17.2 Å². The van der Waals surface area contributed by atoms with Gasteiger partial charge in [-0.25, -0.2) is 9.78 Å². The van der Waals surface area contributed by atoms with Crippen LogP contribution in [0.2, 0.25) is 0 Å². The third-order valence-corrected chi connectivity index (χ3v) is 5.84. The first-order chi connectivity index (χ1) is 18.3. The van der Waals surface area contributed by atoms with E-state index < -0.39 is 22.4 Å². The molecule has 0 fully saturated rings. The van der Waals surface area contributed by atoms with E-state index in [0.717, 1.165) is 11.6 Å². The van der Waals surface area contributed by atoms with Gasteiger partial charge in [-0.2, -0.15) is 4.99 Å². The Kier molecular flexibility index (Phi) is 7.72. The number of carbonyl (C=O) groups excluding carboxylic acids is 2. The summed E-state index contributed by atoms with van der Waals surface area (Å²) in [6.45, 7) is 4.04. The molecule has 0 saturated carbocycles. The number of esters is 1. The molecule has 1 aromatic carbocycles. The standard InChI is InChI=1S/C26H25N5O7/c1-4-38-26(34)20-15-19-22(27-21-16(2)8-6-11-30(21)25(19)33)29(12-7-13-37-3)23(20)28-24(32)17-9-5-10-18(14-17)31(35)36/h5-6,8-11,14-15H,4,7,12-13H2,1-3H3. The molecule has 0 bridgehead atoms. The average molecular weight is 520 g/mol. The number of methoxy groups -OCH3 is 1. The van der Waals surface area contributed by atoms with E-state index in [1.807, 2.05) is 13.0 Å². The number of rotatable bonds is 8. The van der Waals surface area contributed by atoms with Gasteiger partial charge in [0.05, 0.1) is 16.9 Å². The van der Waals surface area contributed by atoms with Crippen LogP contribution >= 0.6 is 0 Å². The molecule has 38 heavy (non-hydrogen) atoms. The molecule has 4 rings (SSSR count). The average Bonchev–Trinajstić information content (AvgIpc) is 2.90. The maximum absolute atomic E-state index is 13.5. The van der Waals surface area contributed by atoms with Crippen LogP contribution < -0.4 is 11.0 Å². The highest BCUT2D eigenvalue weighted by molar-refractivity contribution is 5.97. The maximum Gasteiger partial charge on any atom is 0.341 e. The van der Waals surface area contributed by atoms with Gasteiger partial charge in [0.1, 0.15) is 16.9 Å². The highest BCUT2D eigenvalue weighted by Gasteiger charge is 2.21. The molecule has 4 aromatic rings. The molecule has 0 spiro atoms. The van der Waals surface area contributed by atoms with Crippen molar-refractivity contribution in [2.45, 2.75) is 26.8 Å². The number of aryl methyl sites for hydroxylation is 2. The van der Waals surface area contributed by atoms with Crippen LogP contribution in [0.1, 0.15) is 39.6 Å². The van der Waals surface area contributed by atoms with E-state index in [0.29, 0.717) is 18.7 Å². The van der Waals surface area contributed by atoms with Gasteiger partial charge in [-0.3, -0.25) is 24.1 Å². The van der Waals surface area contributed by atoms with E-state index in [1.54, 1.807) is 19.2 Å². The van der Waals surface area contributed by atoms with E-state index in [2.05, 4.69) is 4.99 Å². The second-order valence-electron chi connectivity index (χ2n) is 8.36. The molecule has 0 saturated heterocycles.